The molecule has 31 heavy (non-hydrogen) atoms. The van der Waals surface area contributed by atoms with Gasteiger partial charge in [-0.3, -0.25) is 0 Å². The largest absolute Gasteiger partial charge is 0.0999 e. The number of fused-ring (bicyclic) bond motifs is 5. The Bertz CT molecular complexity index is 739. The van der Waals surface area contributed by atoms with Gasteiger partial charge in [0.1, 0.15) is 0 Å². The normalized spacial score (nSPS) is 45.7. The van der Waals surface area contributed by atoms with E-state index < -0.39 is 0 Å². The summed E-state index contributed by atoms with van der Waals surface area (Å²) in [6.45, 7) is 24.6. The molecule has 0 aromatic rings. The zero-order valence-corrected chi connectivity index (χ0v) is 22.2. The van der Waals surface area contributed by atoms with Crippen molar-refractivity contribution in [3.8, 4) is 0 Å². The van der Waals surface area contributed by atoms with Gasteiger partial charge in [-0.05, 0) is 116 Å². The molecule has 4 aliphatic rings. The lowest BCUT2D eigenvalue weighted by molar-refractivity contribution is -0.0799. The van der Waals surface area contributed by atoms with Gasteiger partial charge in [0.15, 0.2) is 0 Å². The van der Waals surface area contributed by atoms with Gasteiger partial charge >= 0.3 is 0 Å². The average Bonchev–Trinajstić information content (AvgIpc) is 2.96. The van der Waals surface area contributed by atoms with E-state index in [-0.39, 0.29) is 0 Å². The number of hydrogen-bond donors (Lipinski definition) is 0. The van der Waals surface area contributed by atoms with Crippen molar-refractivity contribution in [2.75, 3.05) is 0 Å². The summed E-state index contributed by atoms with van der Waals surface area (Å²) < 4.78 is 0. The molecule has 0 N–H and O–H groups in total. The third kappa shape index (κ3) is 3.44. The quantitative estimate of drug-likeness (QED) is 0.385. The molecule has 0 heterocycles. The third-order valence-corrected chi connectivity index (χ3v) is 12.2. The molecular formula is C31H52. The Morgan fingerprint density at radius 3 is 2.39 bits per heavy atom. The Morgan fingerprint density at radius 1 is 1.00 bits per heavy atom. The van der Waals surface area contributed by atoms with Crippen LogP contribution in [0.3, 0.4) is 0 Å². The van der Waals surface area contributed by atoms with Crippen molar-refractivity contribution in [2.24, 2.45) is 51.2 Å². The van der Waals surface area contributed by atoms with E-state index in [1.165, 1.54) is 69.8 Å². The summed E-state index contributed by atoms with van der Waals surface area (Å²) in [4.78, 5) is 0. The molecule has 0 amide bonds. The van der Waals surface area contributed by atoms with E-state index in [1.807, 2.05) is 5.57 Å². The van der Waals surface area contributed by atoms with Crippen molar-refractivity contribution in [1.29, 1.82) is 0 Å². The molecule has 0 aliphatic heterocycles. The van der Waals surface area contributed by atoms with Crippen molar-refractivity contribution in [3.05, 3.63) is 23.8 Å². The maximum atomic E-state index is 4.21. The highest BCUT2D eigenvalue weighted by molar-refractivity contribution is 5.33. The summed E-state index contributed by atoms with van der Waals surface area (Å²) in [5, 5.41) is 0. The van der Waals surface area contributed by atoms with E-state index in [0.29, 0.717) is 27.6 Å². The van der Waals surface area contributed by atoms with E-state index in [1.54, 1.807) is 0 Å². The minimum absolute atomic E-state index is 0.435. The van der Waals surface area contributed by atoms with Crippen molar-refractivity contribution < 1.29 is 0 Å². The molecule has 8 atom stereocenters. The van der Waals surface area contributed by atoms with Crippen molar-refractivity contribution in [3.63, 3.8) is 0 Å². The van der Waals surface area contributed by atoms with E-state index in [4.69, 9.17) is 0 Å². The van der Waals surface area contributed by atoms with Gasteiger partial charge in [-0.2, -0.15) is 0 Å². The van der Waals surface area contributed by atoms with Gasteiger partial charge in [0.2, 0.25) is 0 Å². The fourth-order valence-electron chi connectivity index (χ4n) is 9.72. The lowest BCUT2D eigenvalue weighted by Gasteiger charge is -2.63. The highest BCUT2D eigenvalue weighted by Crippen LogP contribution is 2.73. The summed E-state index contributed by atoms with van der Waals surface area (Å²) in [5.74, 6) is 4.14. The van der Waals surface area contributed by atoms with Crippen LogP contribution in [-0.4, -0.2) is 0 Å². The standard InChI is InChI=1S/C31H52/c1-21(2)22(3)11-12-23(4)24-15-19-31(9)26-13-14-27-28(5,6)17-10-18-29(27,7)25(26)16-20-30(24,31)8/h13,22-25,27H,1,10-12,14-20H2,2-9H3/t22?,23-,24-,25-,27-,29+,30-,31+/m0/s1. The predicted octanol–water partition coefficient (Wildman–Crippen LogP) is 9.61. The van der Waals surface area contributed by atoms with E-state index in [2.05, 4.69) is 68.0 Å². The molecule has 0 bridgehead atoms. The van der Waals surface area contributed by atoms with Crippen LogP contribution >= 0.6 is 0 Å². The molecule has 0 heteroatoms. The SMILES string of the molecule is C=C(C)C(C)CC[C@H](C)[C@@H]1CC[C@]2(C)C3=CC[C@H]4C(C)(C)CCC[C@]4(C)[C@H]3CC[C@@]12C. The number of hydrogen-bond acceptors (Lipinski definition) is 0. The second kappa shape index (κ2) is 7.77. The fraction of sp³-hybridized carbons (Fsp3) is 0.871. The van der Waals surface area contributed by atoms with Gasteiger partial charge in [0.25, 0.3) is 0 Å². The van der Waals surface area contributed by atoms with Crippen LogP contribution in [0.4, 0.5) is 0 Å². The Hall–Kier alpha value is -0.520. The monoisotopic (exact) mass is 424 g/mol. The first-order chi connectivity index (χ1) is 14.4. The molecule has 176 valence electrons. The van der Waals surface area contributed by atoms with Gasteiger partial charge in [-0.1, -0.05) is 78.7 Å². The molecule has 0 spiro atoms. The van der Waals surface area contributed by atoms with Gasteiger partial charge < -0.3 is 0 Å². The zero-order chi connectivity index (χ0) is 22.8. The molecular weight excluding hydrogens is 372 g/mol. The first-order valence-corrected chi connectivity index (χ1v) is 13.7. The third-order valence-electron chi connectivity index (χ3n) is 12.2. The molecule has 4 rings (SSSR count). The Labute approximate surface area is 194 Å². The lowest BCUT2D eigenvalue weighted by Crippen LogP contribution is -2.55. The van der Waals surface area contributed by atoms with Crippen molar-refractivity contribution in [2.45, 2.75) is 120 Å². The lowest BCUT2D eigenvalue weighted by atomic mass is 9.41. The fourth-order valence-corrected chi connectivity index (χ4v) is 9.72. The molecule has 0 radical (unpaired) electrons. The van der Waals surface area contributed by atoms with Crippen LogP contribution in [0.5, 0.6) is 0 Å². The molecule has 4 aliphatic carbocycles. The van der Waals surface area contributed by atoms with Gasteiger partial charge in [0.05, 0.1) is 0 Å². The van der Waals surface area contributed by atoms with Crippen LogP contribution in [0.15, 0.2) is 23.8 Å². The minimum Gasteiger partial charge on any atom is -0.0999 e. The smallest absolute Gasteiger partial charge is 0.00568 e. The van der Waals surface area contributed by atoms with Gasteiger partial charge in [-0.15, -0.1) is 0 Å². The Balaban J connectivity index is 1.59. The maximum absolute atomic E-state index is 4.21. The zero-order valence-electron chi connectivity index (χ0n) is 22.2. The predicted molar refractivity (Wildman–Crippen MR) is 136 cm³/mol. The number of allylic oxidation sites excluding steroid dienone is 3. The van der Waals surface area contributed by atoms with Crippen LogP contribution < -0.4 is 0 Å². The van der Waals surface area contributed by atoms with Gasteiger partial charge in [-0.25, -0.2) is 0 Å². The highest BCUT2D eigenvalue weighted by Gasteiger charge is 2.64. The summed E-state index contributed by atoms with van der Waals surface area (Å²) in [6.07, 6.45) is 17.0. The Morgan fingerprint density at radius 2 is 1.71 bits per heavy atom. The highest BCUT2D eigenvalue weighted by atomic mass is 14.7. The van der Waals surface area contributed by atoms with E-state index in [9.17, 15) is 0 Å². The average molecular weight is 425 g/mol. The summed E-state index contributed by atoms with van der Waals surface area (Å²) in [7, 11) is 0. The van der Waals surface area contributed by atoms with Crippen LogP contribution in [-0.2, 0) is 0 Å². The molecule has 3 saturated carbocycles. The first kappa shape index (κ1) is 23.6. The topological polar surface area (TPSA) is 0 Å². The summed E-state index contributed by atoms with van der Waals surface area (Å²) in [6, 6.07) is 0. The molecule has 0 aromatic heterocycles. The first-order valence-electron chi connectivity index (χ1n) is 13.7. The van der Waals surface area contributed by atoms with E-state index >= 15 is 0 Å². The van der Waals surface area contributed by atoms with Crippen LogP contribution in [0, 0.1) is 51.2 Å². The van der Waals surface area contributed by atoms with Crippen molar-refractivity contribution >= 4 is 0 Å². The molecule has 0 aromatic carbocycles. The maximum Gasteiger partial charge on any atom is -0.00568 e. The minimum atomic E-state index is 0.435. The molecule has 0 nitrogen and oxygen atoms in total. The molecule has 3 fully saturated rings. The Kier molecular flexibility index (Phi) is 5.92. The molecule has 1 unspecified atom stereocenters. The summed E-state index contributed by atoms with van der Waals surface area (Å²) in [5.41, 5.74) is 5.27. The second-order valence-electron chi connectivity index (χ2n) is 14.1. The number of rotatable bonds is 5. The van der Waals surface area contributed by atoms with Crippen LogP contribution in [0.25, 0.3) is 0 Å². The van der Waals surface area contributed by atoms with Crippen molar-refractivity contribution in [1.82, 2.24) is 0 Å². The van der Waals surface area contributed by atoms with E-state index in [0.717, 1.165) is 23.7 Å². The van der Waals surface area contributed by atoms with Crippen LogP contribution in [0.1, 0.15) is 120 Å². The van der Waals surface area contributed by atoms with Crippen LogP contribution in [0.2, 0.25) is 0 Å². The second-order valence-corrected chi connectivity index (χ2v) is 14.1. The van der Waals surface area contributed by atoms with Gasteiger partial charge in [0, 0.05) is 0 Å². The summed E-state index contributed by atoms with van der Waals surface area (Å²) >= 11 is 0. The molecule has 0 saturated heterocycles.